The monoisotopic (exact) mass is 467 g/mol. The molecule has 2 aliphatic carbocycles. The molecule has 146 valence electrons. The fourth-order valence-corrected chi connectivity index (χ4v) is 4.53. The maximum Gasteiger partial charge on any atom is 0.191 e. The highest BCUT2D eigenvalue weighted by molar-refractivity contribution is 14.0. The summed E-state index contributed by atoms with van der Waals surface area (Å²) in [4.78, 5) is 4.73. The Bertz CT molecular complexity index is 432. The summed E-state index contributed by atoms with van der Waals surface area (Å²) in [6.07, 6.45) is 6.58. The van der Waals surface area contributed by atoms with Gasteiger partial charge in [0.15, 0.2) is 5.96 Å². The molecule has 25 heavy (non-hydrogen) atoms. The zero-order valence-electron chi connectivity index (χ0n) is 15.6. The molecule has 0 aromatic rings. The van der Waals surface area contributed by atoms with Gasteiger partial charge in [0.1, 0.15) is 0 Å². The van der Waals surface area contributed by atoms with Crippen molar-refractivity contribution >= 4 is 29.9 Å². The van der Waals surface area contributed by atoms with Gasteiger partial charge >= 0.3 is 0 Å². The third-order valence-corrected chi connectivity index (χ3v) is 5.82. The van der Waals surface area contributed by atoms with Crippen LogP contribution in [0.5, 0.6) is 0 Å². The molecule has 2 N–H and O–H groups in total. The van der Waals surface area contributed by atoms with Crippen molar-refractivity contribution in [2.24, 2.45) is 16.3 Å². The third kappa shape index (κ3) is 4.59. The van der Waals surface area contributed by atoms with E-state index in [0.29, 0.717) is 36.7 Å². The van der Waals surface area contributed by atoms with Crippen molar-refractivity contribution in [1.29, 1.82) is 0 Å². The Balaban J connectivity index is 0.00000225. The van der Waals surface area contributed by atoms with Crippen molar-refractivity contribution < 1.29 is 14.2 Å². The summed E-state index contributed by atoms with van der Waals surface area (Å²) in [5, 5.41) is 7.12. The maximum absolute atomic E-state index is 6.00. The van der Waals surface area contributed by atoms with Crippen LogP contribution in [-0.2, 0) is 14.2 Å². The Kier molecular flexibility index (Phi) is 8.71. The first-order valence-electron chi connectivity index (χ1n) is 9.55. The second-order valence-electron chi connectivity index (χ2n) is 7.17. The van der Waals surface area contributed by atoms with Gasteiger partial charge in [-0.15, -0.1) is 24.0 Å². The number of rotatable bonds is 9. The van der Waals surface area contributed by atoms with E-state index >= 15 is 0 Å². The summed E-state index contributed by atoms with van der Waals surface area (Å²) in [6.45, 7) is 6.77. The van der Waals surface area contributed by atoms with E-state index in [1.165, 1.54) is 25.7 Å². The molecule has 7 heteroatoms. The van der Waals surface area contributed by atoms with Crippen molar-refractivity contribution in [2.75, 3.05) is 46.6 Å². The fourth-order valence-electron chi connectivity index (χ4n) is 4.53. The van der Waals surface area contributed by atoms with E-state index in [9.17, 15) is 0 Å². The molecular weight excluding hydrogens is 433 g/mol. The highest BCUT2D eigenvalue weighted by Crippen LogP contribution is 2.62. The average molecular weight is 467 g/mol. The molecule has 1 spiro atoms. The lowest BCUT2D eigenvalue weighted by Gasteiger charge is -2.63. The first-order valence-corrected chi connectivity index (χ1v) is 9.55. The van der Waals surface area contributed by atoms with Crippen LogP contribution in [0.4, 0.5) is 0 Å². The molecule has 3 atom stereocenters. The van der Waals surface area contributed by atoms with Gasteiger partial charge in [-0.05, 0) is 32.6 Å². The maximum atomic E-state index is 6.00. The van der Waals surface area contributed by atoms with Crippen LogP contribution in [0.1, 0.15) is 39.0 Å². The molecule has 3 fully saturated rings. The summed E-state index contributed by atoms with van der Waals surface area (Å²) in [6, 6.07) is 0.537. The molecule has 0 radical (unpaired) electrons. The lowest BCUT2D eigenvalue weighted by atomic mass is 9.46. The topological polar surface area (TPSA) is 64.1 Å². The number of hydrogen-bond donors (Lipinski definition) is 2. The quantitative estimate of drug-likeness (QED) is 0.236. The first kappa shape index (κ1) is 21.2. The number of fused-ring (bicyclic) bond motifs is 2. The summed E-state index contributed by atoms with van der Waals surface area (Å²) < 4.78 is 16.5. The lowest BCUT2D eigenvalue weighted by Crippen LogP contribution is -2.72. The smallest absolute Gasteiger partial charge is 0.191 e. The fraction of sp³-hybridized carbons (Fsp3) is 0.944. The van der Waals surface area contributed by atoms with Crippen LogP contribution in [0.15, 0.2) is 4.99 Å². The highest BCUT2D eigenvalue weighted by Gasteiger charge is 2.66. The normalized spacial score (nSPS) is 29.4. The predicted molar refractivity (Wildman–Crippen MR) is 110 cm³/mol. The largest absolute Gasteiger partial charge is 0.382 e. The molecule has 6 nitrogen and oxygen atoms in total. The van der Waals surface area contributed by atoms with Crippen LogP contribution >= 0.6 is 24.0 Å². The second kappa shape index (κ2) is 10.3. The van der Waals surface area contributed by atoms with E-state index in [4.69, 9.17) is 19.2 Å². The zero-order chi connectivity index (χ0) is 16.8. The molecule has 0 aromatic heterocycles. The Morgan fingerprint density at radius 2 is 2.12 bits per heavy atom. The zero-order valence-corrected chi connectivity index (χ0v) is 17.9. The van der Waals surface area contributed by atoms with E-state index in [2.05, 4.69) is 17.6 Å². The molecule has 0 amide bonds. The van der Waals surface area contributed by atoms with Gasteiger partial charge in [-0.2, -0.15) is 0 Å². The van der Waals surface area contributed by atoms with E-state index in [1.54, 1.807) is 7.11 Å². The molecular formula is C18H34IN3O3. The minimum absolute atomic E-state index is 0. The predicted octanol–water partition coefficient (Wildman–Crippen LogP) is 2.17. The van der Waals surface area contributed by atoms with Gasteiger partial charge < -0.3 is 24.8 Å². The number of methoxy groups -OCH3 is 1. The number of guanidine groups is 1. The Morgan fingerprint density at radius 1 is 1.28 bits per heavy atom. The third-order valence-electron chi connectivity index (χ3n) is 5.82. The minimum Gasteiger partial charge on any atom is -0.382 e. The minimum atomic E-state index is 0. The van der Waals surface area contributed by atoms with E-state index in [-0.39, 0.29) is 24.0 Å². The summed E-state index contributed by atoms with van der Waals surface area (Å²) in [7, 11) is 1.69. The summed E-state index contributed by atoms with van der Waals surface area (Å²) >= 11 is 0. The molecule has 1 aliphatic heterocycles. The van der Waals surface area contributed by atoms with Crippen molar-refractivity contribution in [3.63, 3.8) is 0 Å². The number of nitrogens with one attached hydrogen (secondary N) is 2. The van der Waals surface area contributed by atoms with E-state index in [1.807, 2.05) is 0 Å². The number of nitrogens with zero attached hydrogens (tertiary/aromatic N) is 1. The lowest BCUT2D eigenvalue weighted by molar-refractivity contribution is -0.171. The van der Waals surface area contributed by atoms with Crippen LogP contribution in [0.2, 0.25) is 0 Å². The van der Waals surface area contributed by atoms with Crippen molar-refractivity contribution in [2.45, 2.75) is 51.2 Å². The highest BCUT2D eigenvalue weighted by atomic mass is 127. The van der Waals surface area contributed by atoms with Crippen LogP contribution in [0, 0.1) is 11.3 Å². The average Bonchev–Trinajstić information content (AvgIpc) is 2.95. The number of hydrogen-bond acceptors (Lipinski definition) is 4. The summed E-state index contributed by atoms with van der Waals surface area (Å²) in [5.41, 5.74) is 0.390. The molecule has 3 rings (SSSR count). The van der Waals surface area contributed by atoms with Crippen LogP contribution in [0.25, 0.3) is 0 Å². The second-order valence-corrected chi connectivity index (χ2v) is 7.17. The molecule has 1 saturated heterocycles. The van der Waals surface area contributed by atoms with Crippen molar-refractivity contribution in [3.05, 3.63) is 0 Å². The Labute approximate surface area is 168 Å². The number of halogens is 1. The molecule has 2 saturated carbocycles. The molecule has 3 unspecified atom stereocenters. The van der Waals surface area contributed by atoms with Gasteiger partial charge in [0.25, 0.3) is 0 Å². The van der Waals surface area contributed by atoms with Crippen LogP contribution < -0.4 is 10.6 Å². The standard InChI is InChI=1S/C18H33N3O3.HI/c1-3-19-17(20-9-5-10-23-13-12-22-2)21-15-14-6-11-24-16(14)18(15)7-4-8-18;/h14-16H,3-13H2,1-2H3,(H2,19,20,21);1H. The van der Waals surface area contributed by atoms with Gasteiger partial charge in [0, 0.05) is 50.8 Å². The Morgan fingerprint density at radius 3 is 2.80 bits per heavy atom. The molecule has 1 heterocycles. The Hall–Kier alpha value is -0.120. The van der Waals surface area contributed by atoms with Gasteiger partial charge in [0.2, 0.25) is 0 Å². The van der Waals surface area contributed by atoms with Crippen molar-refractivity contribution in [1.82, 2.24) is 10.6 Å². The molecule has 0 aromatic carbocycles. The van der Waals surface area contributed by atoms with Gasteiger partial charge in [0.05, 0.1) is 19.3 Å². The first-order chi connectivity index (χ1) is 11.8. The molecule has 0 bridgehead atoms. The van der Waals surface area contributed by atoms with Crippen molar-refractivity contribution in [3.8, 4) is 0 Å². The SMILES string of the molecule is CCNC(=NCCCOCCOC)NC1C2CCOC2C12CCC2.I. The summed E-state index contributed by atoms with van der Waals surface area (Å²) in [5.74, 6) is 1.63. The van der Waals surface area contributed by atoms with Crippen LogP contribution in [-0.4, -0.2) is 64.7 Å². The molecule has 3 aliphatic rings. The van der Waals surface area contributed by atoms with E-state index in [0.717, 1.165) is 38.7 Å². The van der Waals surface area contributed by atoms with E-state index < -0.39 is 0 Å². The van der Waals surface area contributed by atoms with Crippen LogP contribution in [0.3, 0.4) is 0 Å². The number of ether oxygens (including phenoxy) is 3. The van der Waals surface area contributed by atoms with Gasteiger partial charge in [-0.1, -0.05) is 6.42 Å². The van der Waals surface area contributed by atoms with Gasteiger partial charge in [-0.3, -0.25) is 4.99 Å². The van der Waals surface area contributed by atoms with Gasteiger partial charge in [-0.25, -0.2) is 0 Å². The number of aliphatic imine (C=N–C) groups is 1.